The van der Waals surface area contributed by atoms with Crippen molar-refractivity contribution in [3.05, 3.63) is 0 Å². The Morgan fingerprint density at radius 1 is 0.522 bits per heavy atom. The number of rotatable bonds is 9. The second-order valence-electron chi connectivity index (χ2n) is 11.5. The van der Waals surface area contributed by atoms with E-state index in [9.17, 15) is 4.80 Å². The van der Waals surface area contributed by atoms with Gasteiger partial charge in [-0.25, -0.2) is 0 Å². The standard InChI is InChI=1S/C21H46OSi/c1-19(2,3)13-10-16-23(22,17-11-14-20(4,5)6)18-12-15-21(7,8)9/h22H,10-18H2,1-9H3. The summed E-state index contributed by atoms with van der Waals surface area (Å²) in [5.41, 5.74) is 1.18. The molecule has 0 unspecified atom stereocenters. The van der Waals surface area contributed by atoms with E-state index >= 15 is 0 Å². The molecule has 1 nitrogen and oxygen atoms in total. The minimum absolute atomic E-state index is 0.395. The fraction of sp³-hybridized carbons (Fsp3) is 1.00. The second-order valence-corrected chi connectivity index (χ2v) is 15.4. The number of hydrogen-bond donors (Lipinski definition) is 1. The Bertz CT molecular complexity index is 264. The maximum Gasteiger partial charge on any atom is 0.188 e. The van der Waals surface area contributed by atoms with Gasteiger partial charge in [-0.2, -0.15) is 0 Å². The summed E-state index contributed by atoms with van der Waals surface area (Å²) >= 11 is 0. The van der Waals surface area contributed by atoms with Gasteiger partial charge in [-0.15, -0.1) is 0 Å². The van der Waals surface area contributed by atoms with Crippen LogP contribution in [0.1, 0.15) is 101 Å². The van der Waals surface area contributed by atoms with Crippen molar-refractivity contribution >= 4 is 8.32 Å². The molecule has 0 heterocycles. The van der Waals surface area contributed by atoms with Crippen LogP contribution in [0.25, 0.3) is 0 Å². The van der Waals surface area contributed by atoms with E-state index in [1.807, 2.05) is 0 Å². The number of hydrogen-bond acceptors (Lipinski definition) is 1. The molecule has 0 spiro atoms. The average molecular weight is 343 g/mol. The summed E-state index contributed by atoms with van der Waals surface area (Å²) < 4.78 is 0. The summed E-state index contributed by atoms with van der Waals surface area (Å²) in [6.45, 7) is 20.8. The zero-order valence-electron chi connectivity index (χ0n) is 17.8. The molecular formula is C21H46OSi. The van der Waals surface area contributed by atoms with Crippen LogP contribution >= 0.6 is 0 Å². The molecular weight excluding hydrogens is 296 g/mol. The Kier molecular flexibility index (Phi) is 9.11. The molecule has 0 aliphatic carbocycles. The fourth-order valence-electron chi connectivity index (χ4n) is 3.22. The third kappa shape index (κ3) is 15.4. The van der Waals surface area contributed by atoms with Gasteiger partial charge in [0.25, 0.3) is 0 Å². The Morgan fingerprint density at radius 2 is 0.739 bits per heavy atom. The lowest BCUT2D eigenvalue weighted by molar-refractivity contribution is 0.355. The van der Waals surface area contributed by atoms with Gasteiger partial charge in [-0.05, 0) is 53.6 Å². The molecule has 0 aromatic carbocycles. The highest BCUT2D eigenvalue weighted by atomic mass is 28.4. The molecule has 0 fully saturated rings. The summed E-state index contributed by atoms with van der Waals surface area (Å²) in [6, 6.07) is 3.33. The summed E-state index contributed by atoms with van der Waals surface area (Å²) in [5.74, 6) is 0. The van der Waals surface area contributed by atoms with E-state index in [2.05, 4.69) is 62.3 Å². The fourth-order valence-corrected chi connectivity index (χ4v) is 6.47. The van der Waals surface area contributed by atoms with E-state index in [4.69, 9.17) is 0 Å². The Balaban J connectivity index is 4.50. The minimum atomic E-state index is -2.05. The van der Waals surface area contributed by atoms with Crippen LogP contribution in [0.2, 0.25) is 18.1 Å². The first-order valence-corrected chi connectivity index (χ1v) is 12.4. The van der Waals surface area contributed by atoms with Crippen LogP contribution in [0.3, 0.4) is 0 Å². The Labute approximate surface area is 148 Å². The van der Waals surface area contributed by atoms with E-state index in [-0.39, 0.29) is 0 Å². The molecule has 0 saturated carbocycles. The van der Waals surface area contributed by atoms with E-state index in [1.54, 1.807) is 0 Å². The Morgan fingerprint density at radius 3 is 0.913 bits per heavy atom. The molecule has 0 atom stereocenters. The largest absolute Gasteiger partial charge is 0.432 e. The molecule has 0 rings (SSSR count). The zero-order valence-corrected chi connectivity index (χ0v) is 18.8. The summed E-state index contributed by atoms with van der Waals surface area (Å²) in [6.07, 6.45) is 7.33. The first-order valence-electron chi connectivity index (χ1n) is 9.84. The predicted molar refractivity (Wildman–Crippen MR) is 108 cm³/mol. The molecule has 0 aliphatic heterocycles. The molecule has 0 saturated heterocycles. The van der Waals surface area contributed by atoms with Crippen molar-refractivity contribution in [1.29, 1.82) is 0 Å². The molecule has 23 heavy (non-hydrogen) atoms. The van der Waals surface area contributed by atoms with Crippen molar-refractivity contribution in [2.24, 2.45) is 16.2 Å². The van der Waals surface area contributed by atoms with Crippen LogP contribution in [0.15, 0.2) is 0 Å². The van der Waals surface area contributed by atoms with Gasteiger partial charge in [0, 0.05) is 0 Å². The maximum atomic E-state index is 11.3. The van der Waals surface area contributed by atoms with Gasteiger partial charge < -0.3 is 4.80 Å². The van der Waals surface area contributed by atoms with Crippen molar-refractivity contribution in [3.63, 3.8) is 0 Å². The lowest BCUT2D eigenvalue weighted by Gasteiger charge is -2.30. The SMILES string of the molecule is CC(C)(C)CCC[Si](O)(CCCC(C)(C)C)CCCC(C)(C)C. The topological polar surface area (TPSA) is 20.2 Å². The van der Waals surface area contributed by atoms with Crippen LogP contribution in [0.5, 0.6) is 0 Å². The average Bonchev–Trinajstić information content (AvgIpc) is 2.22. The van der Waals surface area contributed by atoms with Gasteiger partial charge in [0.05, 0.1) is 0 Å². The summed E-state index contributed by atoms with van der Waals surface area (Å²) in [5, 5.41) is 0. The van der Waals surface area contributed by atoms with E-state index in [1.165, 1.54) is 38.5 Å². The van der Waals surface area contributed by atoms with E-state index < -0.39 is 8.32 Å². The first-order chi connectivity index (χ1) is 10.1. The molecule has 0 bridgehead atoms. The molecule has 0 aromatic rings. The quantitative estimate of drug-likeness (QED) is 0.433. The van der Waals surface area contributed by atoms with Crippen molar-refractivity contribution in [3.8, 4) is 0 Å². The molecule has 140 valence electrons. The van der Waals surface area contributed by atoms with Gasteiger partial charge in [-0.1, -0.05) is 81.6 Å². The van der Waals surface area contributed by atoms with Gasteiger partial charge in [0.1, 0.15) is 0 Å². The summed E-state index contributed by atoms with van der Waals surface area (Å²) in [4.78, 5) is 11.3. The van der Waals surface area contributed by atoms with Crippen LogP contribution in [-0.4, -0.2) is 13.1 Å². The lowest BCUT2D eigenvalue weighted by atomic mass is 9.91. The second kappa shape index (κ2) is 9.04. The lowest BCUT2D eigenvalue weighted by Crippen LogP contribution is -2.35. The highest BCUT2D eigenvalue weighted by Crippen LogP contribution is 2.33. The van der Waals surface area contributed by atoms with Crippen LogP contribution in [0, 0.1) is 16.2 Å². The maximum absolute atomic E-state index is 11.3. The summed E-state index contributed by atoms with van der Waals surface area (Å²) in [7, 11) is -2.05. The third-order valence-corrected chi connectivity index (χ3v) is 8.56. The van der Waals surface area contributed by atoms with Crippen molar-refractivity contribution in [2.75, 3.05) is 0 Å². The monoisotopic (exact) mass is 342 g/mol. The molecule has 0 amide bonds. The van der Waals surface area contributed by atoms with Crippen LogP contribution in [-0.2, 0) is 0 Å². The van der Waals surface area contributed by atoms with Crippen molar-refractivity contribution in [1.82, 2.24) is 0 Å². The van der Waals surface area contributed by atoms with Crippen molar-refractivity contribution < 1.29 is 4.80 Å². The third-order valence-electron chi connectivity index (χ3n) is 4.71. The molecule has 2 heteroatoms. The minimum Gasteiger partial charge on any atom is -0.432 e. The van der Waals surface area contributed by atoms with Crippen LogP contribution < -0.4 is 0 Å². The highest BCUT2D eigenvalue weighted by molar-refractivity contribution is 6.72. The van der Waals surface area contributed by atoms with E-state index in [0.29, 0.717) is 16.2 Å². The predicted octanol–water partition coefficient (Wildman–Crippen LogP) is 7.40. The van der Waals surface area contributed by atoms with Gasteiger partial charge in [0.2, 0.25) is 0 Å². The van der Waals surface area contributed by atoms with Gasteiger partial charge >= 0.3 is 0 Å². The first kappa shape index (κ1) is 23.2. The van der Waals surface area contributed by atoms with Crippen LogP contribution in [0.4, 0.5) is 0 Å². The Hall–Kier alpha value is 0.177. The normalized spacial score (nSPS) is 14.3. The van der Waals surface area contributed by atoms with Gasteiger partial charge in [-0.3, -0.25) is 0 Å². The molecule has 1 N–H and O–H groups in total. The highest BCUT2D eigenvalue weighted by Gasteiger charge is 2.31. The van der Waals surface area contributed by atoms with Gasteiger partial charge in [0.15, 0.2) is 8.32 Å². The zero-order chi connectivity index (χ0) is 18.4. The molecule has 0 aliphatic rings. The molecule has 0 aromatic heterocycles. The molecule has 0 radical (unpaired) electrons. The van der Waals surface area contributed by atoms with E-state index in [0.717, 1.165) is 18.1 Å². The smallest absolute Gasteiger partial charge is 0.188 e. The van der Waals surface area contributed by atoms with Crippen molar-refractivity contribution in [2.45, 2.75) is 119 Å².